The Morgan fingerprint density at radius 2 is 2.35 bits per heavy atom. The Bertz CT molecular complexity index is 346. The number of nitrogens with zero attached hydrogens (tertiary/aromatic N) is 2. The molecule has 0 bridgehead atoms. The summed E-state index contributed by atoms with van der Waals surface area (Å²) in [6, 6.07) is 3.36. The second-order valence-corrected chi connectivity index (χ2v) is 5.11. The fraction of sp³-hybridized carbons (Fsp3) is 0.769. The molecule has 96 valence electrons. The third kappa shape index (κ3) is 3.82. The summed E-state index contributed by atoms with van der Waals surface area (Å²) in [4.78, 5) is 2.29. The molecule has 0 radical (unpaired) electrons. The van der Waals surface area contributed by atoms with Crippen LogP contribution in [-0.4, -0.2) is 29.2 Å². The van der Waals surface area contributed by atoms with E-state index in [0.717, 1.165) is 37.0 Å². The van der Waals surface area contributed by atoms with Crippen molar-refractivity contribution >= 4 is 0 Å². The Kier molecular flexibility index (Phi) is 4.18. The molecule has 0 spiro atoms. The molecule has 1 heterocycles. The fourth-order valence-corrected chi connectivity index (χ4v) is 1.76. The van der Waals surface area contributed by atoms with Crippen LogP contribution in [0.25, 0.3) is 0 Å². The predicted molar refractivity (Wildman–Crippen MR) is 67.6 cm³/mol. The van der Waals surface area contributed by atoms with Gasteiger partial charge >= 0.3 is 0 Å². The van der Waals surface area contributed by atoms with Crippen molar-refractivity contribution in [2.24, 2.45) is 0 Å². The molecule has 1 N–H and O–H groups in total. The third-order valence-corrected chi connectivity index (χ3v) is 3.51. The monoisotopic (exact) mass is 237 g/mol. The lowest BCUT2D eigenvalue weighted by molar-refractivity contribution is 0.214. The van der Waals surface area contributed by atoms with E-state index in [-0.39, 0.29) is 0 Å². The normalized spacial score (nSPS) is 17.6. The van der Waals surface area contributed by atoms with Crippen molar-refractivity contribution in [2.75, 3.05) is 7.05 Å². The van der Waals surface area contributed by atoms with Crippen molar-refractivity contribution in [3.05, 3.63) is 17.5 Å². The molecule has 1 aliphatic carbocycles. The van der Waals surface area contributed by atoms with Crippen LogP contribution in [-0.2, 0) is 13.1 Å². The fourth-order valence-electron chi connectivity index (χ4n) is 1.76. The lowest BCUT2D eigenvalue weighted by atomic mass is 10.2. The minimum Gasteiger partial charge on any atom is -0.360 e. The summed E-state index contributed by atoms with van der Waals surface area (Å²) in [5, 5.41) is 7.53. The van der Waals surface area contributed by atoms with Gasteiger partial charge in [-0.05, 0) is 33.2 Å². The van der Waals surface area contributed by atoms with Gasteiger partial charge in [0.15, 0.2) is 5.76 Å². The van der Waals surface area contributed by atoms with E-state index in [1.807, 2.05) is 0 Å². The minimum absolute atomic E-state index is 0.577. The molecule has 1 aliphatic rings. The van der Waals surface area contributed by atoms with Crippen LogP contribution in [0.5, 0.6) is 0 Å². The van der Waals surface area contributed by atoms with Crippen molar-refractivity contribution in [3.63, 3.8) is 0 Å². The molecule has 1 aromatic heterocycles. The zero-order valence-corrected chi connectivity index (χ0v) is 11.1. The average Bonchev–Trinajstić information content (AvgIpc) is 3.06. The number of rotatable bonds is 7. The lowest BCUT2D eigenvalue weighted by Gasteiger charge is -2.21. The molecule has 17 heavy (non-hydrogen) atoms. The molecular formula is C13H23N3O. The molecule has 1 aromatic rings. The summed E-state index contributed by atoms with van der Waals surface area (Å²) in [6.45, 7) is 6.10. The van der Waals surface area contributed by atoms with Crippen LogP contribution in [0, 0.1) is 0 Å². The average molecular weight is 237 g/mol. The first kappa shape index (κ1) is 12.6. The van der Waals surface area contributed by atoms with E-state index in [1.165, 1.54) is 12.8 Å². The van der Waals surface area contributed by atoms with Crippen LogP contribution < -0.4 is 5.32 Å². The van der Waals surface area contributed by atoms with Crippen molar-refractivity contribution in [1.82, 2.24) is 15.4 Å². The summed E-state index contributed by atoms with van der Waals surface area (Å²) in [6.07, 6.45) is 3.77. The van der Waals surface area contributed by atoms with Gasteiger partial charge < -0.3 is 9.84 Å². The smallest absolute Gasteiger partial charge is 0.151 e. The zero-order chi connectivity index (χ0) is 12.3. The first-order valence-corrected chi connectivity index (χ1v) is 6.57. The molecule has 4 heteroatoms. The van der Waals surface area contributed by atoms with Gasteiger partial charge in [0.05, 0.1) is 12.2 Å². The van der Waals surface area contributed by atoms with Gasteiger partial charge in [-0.15, -0.1) is 0 Å². The topological polar surface area (TPSA) is 41.3 Å². The Morgan fingerprint density at radius 1 is 1.59 bits per heavy atom. The number of hydrogen-bond acceptors (Lipinski definition) is 4. The summed E-state index contributed by atoms with van der Waals surface area (Å²) in [5.41, 5.74) is 1.02. The maximum atomic E-state index is 5.35. The van der Waals surface area contributed by atoms with E-state index < -0.39 is 0 Å². The van der Waals surface area contributed by atoms with E-state index in [1.54, 1.807) is 0 Å². The molecule has 0 aliphatic heterocycles. The van der Waals surface area contributed by atoms with Gasteiger partial charge in [-0.2, -0.15) is 0 Å². The Labute approximate surface area is 103 Å². The molecule has 1 fully saturated rings. The molecule has 0 amide bonds. The number of aromatic nitrogens is 1. The standard InChI is InChI=1S/C13H23N3O/c1-4-10(2)16(3)9-13-7-12(15-17-13)8-14-11-5-6-11/h7,10-11,14H,4-6,8-9H2,1-3H3. The SMILES string of the molecule is CCC(C)N(C)Cc1cc(CNC2CC2)no1. The predicted octanol–water partition coefficient (Wildman–Crippen LogP) is 2.16. The van der Waals surface area contributed by atoms with Gasteiger partial charge in [-0.1, -0.05) is 12.1 Å². The Hall–Kier alpha value is -0.870. The van der Waals surface area contributed by atoms with Crippen LogP contribution in [0.4, 0.5) is 0 Å². The van der Waals surface area contributed by atoms with Gasteiger partial charge in [-0.3, -0.25) is 4.90 Å². The highest BCUT2D eigenvalue weighted by atomic mass is 16.5. The number of hydrogen-bond donors (Lipinski definition) is 1. The van der Waals surface area contributed by atoms with Gasteiger partial charge in [0.1, 0.15) is 0 Å². The van der Waals surface area contributed by atoms with Crippen LogP contribution in [0.3, 0.4) is 0 Å². The van der Waals surface area contributed by atoms with Crippen LogP contribution in [0.2, 0.25) is 0 Å². The van der Waals surface area contributed by atoms with Crippen LogP contribution in [0.15, 0.2) is 10.6 Å². The van der Waals surface area contributed by atoms with Gasteiger partial charge in [-0.25, -0.2) is 0 Å². The summed E-state index contributed by atoms with van der Waals surface area (Å²) in [7, 11) is 2.12. The Morgan fingerprint density at radius 3 is 3.00 bits per heavy atom. The second-order valence-electron chi connectivity index (χ2n) is 5.11. The summed E-state index contributed by atoms with van der Waals surface area (Å²) < 4.78 is 5.35. The van der Waals surface area contributed by atoms with E-state index in [0.29, 0.717) is 6.04 Å². The molecular weight excluding hydrogens is 214 g/mol. The van der Waals surface area contributed by atoms with Crippen molar-refractivity contribution < 1.29 is 4.52 Å². The van der Waals surface area contributed by atoms with E-state index in [2.05, 4.69) is 42.3 Å². The van der Waals surface area contributed by atoms with E-state index in [4.69, 9.17) is 4.52 Å². The largest absolute Gasteiger partial charge is 0.360 e. The minimum atomic E-state index is 0.577. The molecule has 1 saturated carbocycles. The first-order chi connectivity index (χ1) is 8.19. The second kappa shape index (κ2) is 5.65. The van der Waals surface area contributed by atoms with Crippen molar-refractivity contribution in [2.45, 2.75) is 58.3 Å². The van der Waals surface area contributed by atoms with E-state index >= 15 is 0 Å². The maximum absolute atomic E-state index is 5.35. The molecule has 2 rings (SSSR count). The quantitative estimate of drug-likeness (QED) is 0.789. The van der Waals surface area contributed by atoms with Gasteiger partial charge in [0.2, 0.25) is 0 Å². The van der Waals surface area contributed by atoms with Gasteiger partial charge in [0, 0.05) is 24.7 Å². The molecule has 4 nitrogen and oxygen atoms in total. The van der Waals surface area contributed by atoms with Crippen LogP contribution in [0.1, 0.15) is 44.6 Å². The van der Waals surface area contributed by atoms with Crippen molar-refractivity contribution in [3.8, 4) is 0 Å². The molecule has 1 atom stereocenters. The molecule has 0 saturated heterocycles. The van der Waals surface area contributed by atoms with Crippen molar-refractivity contribution in [1.29, 1.82) is 0 Å². The van der Waals surface area contributed by atoms with E-state index in [9.17, 15) is 0 Å². The summed E-state index contributed by atoms with van der Waals surface area (Å²) >= 11 is 0. The lowest BCUT2D eigenvalue weighted by Crippen LogP contribution is -2.27. The maximum Gasteiger partial charge on any atom is 0.151 e. The van der Waals surface area contributed by atoms with Crippen LogP contribution >= 0.6 is 0 Å². The highest BCUT2D eigenvalue weighted by Gasteiger charge is 2.20. The van der Waals surface area contributed by atoms with Gasteiger partial charge in [0.25, 0.3) is 0 Å². The molecule has 1 unspecified atom stereocenters. The summed E-state index contributed by atoms with van der Waals surface area (Å²) in [5.74, 6) is 0.959. The third-order valence-electron chi connectivity index (χ3n) is 3.51. The highest BCUT2D eigenvalue weighted by molar-refractivity contribution is 5.05. The zero-order valence-electron chi connectivity index (χ0n) is 11.1. The number of nitrogens with one attached hydrogen (secondary N) is 1. The Balaban J connectivity index is 1.80. The molecule has 0 aromatic carbocycles. The highest BCUT2D eigenvalue weighted by Crippen LogP contribution is 2.19. The first-order valence-electron chi connectivity index (χ1n) is 6.57.